The van der Waals surface area contributed by atoms with Crippen LogP contribution in [-0.4, -0.2) is 24.0 Å². The normalized spacial score (nSPS) is 14.6. The summed E-state index contributed by atoms with van der Waals surface area (Å²) in [4.78, 5) is 30.7. The van der Waals surface area contributed by atoms with Gasteiger partial charge in [0.15, 0.2) is 0 Å². The summed E-state index contributed by atoms with van der Waals surface area (Å²) in [6.45, 7) is 6.56. The SMILES string of the molecule is COC(=O)CC(NC(=O)c1cc2ccc(Oc3ccc(C(C)(C)C)cc3)cc2c(CC2CCCC2)n1)c1cc(Cl)sc1Cl. The molecule has 2 heterocycles. The first-order valence-electron chi connectivity index (χ1n) is 14.5. The molecule has 1 aliphatic rings. The molecule has 0 saturated heterocycles. The number of carbonyl (C=O) groups is 2. The number of thiophene rings is 1. The third-order valence-electron chi connectivity index (χ3n) is 7.99. The highest BCUT2D eigenvalue weighted by molar-refractivity contribution is 7.20. The molecule has 1 saturated carbocycles. The zero-order valence-corrected chi connectivity index (χ0v) is 27.2. The highest BCUT2D eigenvalue weighted by Gasteiger charge is 2.26. The van der Waals surface area contributed by atoms with Crippen LogP contribution in [0.5, 0.6) is 11.5 Å². The second kappa shape index (κ2) is 13.2. The molecular weight excluding hydrogens is 603 g/mol. The number of carbonyl (C=O) groups excluding carboxylic acids is 2. The van der Waals surface area contributed by atoms with E-state index in [-0.39, 0.29) is 17.5 Å². The number of nitrogens with one attached hydrogen (secondary N) is 1. The van der Waals surface area contributed by atoms with E-state index in [1.165, 1.54) is 36.9 Å². The molecule has 1 amide bonds. The standard InChI is InChI=1S/C34H36Cl2N2O4S/c1-34(2,3)22-10-13-23(14-11-22)42-24-12-9-21-16-29(37-27(25(21)17-24)15-20-7-5-6-8-20)33(40)38-28(19-31(39)41-4)26-18-30(35)43-32(26)36/h9-14,16-18,20,28H,5-8,15,19H2,1-4H3,(H,38,40). The summed E-state index contributed by atoms with van der Waals surface area (Å²) < 4.78 is 12.0. The van der Waals surface area contributed by atoms with Crippen LogP contribution in [0.15, 0.2) is 54.6 Å². The van der Waals surface area contributed by atoms with Gasteiger partial charge in [0.25, 0.3) is 5.91 Å². The highest BCUT2D eigenvalue weighted by Crippen LogP contribution is 2.37. The predicted octanol–water partition coefficient (Wildman–Crippen LogP) is 9.46. The van der Waals surface area contributed by atoms with Gasteiger partial charge in [0.2, 0.25) is 0 Å². The van der Waals surface area contributed by atoms with Crippen molar-refractivity contribution in [2.24, 2.45) is 5.92 Å². The molecule has 0 radical (unpaired) electrons. The molecule has 226 valence electrons. The second-order valence-electron chi connectivity index (χ2n) is 12.2. The second-order valence-corrected chi connectivity index (χ2v) is 14.4. The monoisotopic (exact) mass is 638 g/mol. The molecule has 5 rings (SSSR count). The van der Waals surface area contributed by atoms with Crippen molar-refractivity contribution in [3.8, 4) is 11.5 Å². The average molecular weight is 640 g/mol. The minimum absolute atomic E-state index is 0.0641. The van der Waals surface area contributed by atoms with Crippen molar-refractivity contribution in [3.63, 3.8) is 0 Å². The van der Waals surface area contributed by atoms with Gasteiger partial charge in [-0.05, 0) is 65.1 Å². The largest absolute Gasteiger partial charge is 0.469 e. The van der Waals surface area contributed by atoms with Crippen molar-refractivity contribution in [2.45, 2.75) is 70.8 Å². The Hall–Kier alpha value is -3.13. The molecule has 1 unspecified atom stereocenters. The number of esters is 1. The van der Waals surface area contributed by atoms with Crippen LogP contribution < -0.4 is 10.1 Å². The fourth-order valence-electron chi connectivity index (χ4n) is 5.59. The van der Waals surface area contributed by atoms with Crippen LogP contribution in [0, 0.1) is 5.92 Å². The van der Waals surface area contributed by atoms with E-state index >= 15 is 0 Å². The van der Waals surface area contributed by atoms with Crippen molar-refractivity contribution in [1.29, 1.82) is 0 Å². The van der Waals surface area contributed by atoms with Gasteiger partial charge in [-0.3, -0.25) is 9.59 Å². The summed E-state index contributed by atoms with van der Waals surface area (Å²) in [7, 11) is 1.31. The number of nitrogens with zero attached hydrogens (tertiary/aromatic N) is 1. The summed E-state index contributed by atoms with van der Waals surface area (Å²) in [5.74, 6) is 1.11. The third kappa shape index (κ3) is 7.69. The topological polar surface area (TPSA) is 77.5 Å². The van der Waals surface area contributed by atoms with Gasteiger partial charge in [-0.15, -0.1) is 11.3 Å². The van der Waals surface area contributed by atoms with E-state index in [9.17, 15) is 9.59 Å². The number of fused-ring (bicyclic) bond motifs is 1. The Bertz CT molecular complexity index is 1620. The molecule has 1 atom stereocenters. The van der Waals surface area contributed by atoms with Crippen molar-refractivity contribution >= 4 is 57.2 Å². The summed E-state index contributed by atoms with van der Waals surface area (Å²) in [5, 5.41) is 4.81. The summed E-state index contributed by atoms with van der Waals surface area (Å²) in [5.41, 5.74) is 3.02. The minimum atomic E-state index is -0.715. The Labute approximate surface area is 266 Å². The maximum atomic E-state index is 13.6. The highest BCUT2D eigenvalue weighted by atomic mass is 35.5. The van der Waals surface area contributed by atoms with E-state index < -0.39 is 17.9 Å². The number of methoxy groups -OCH3 is 1. The first-order valence-corrected chi connectivity index (χ1v) is 16.1. The van der Waals surface area contributed by atoms with Gasteiger partial charge in [-0.2, -0.15) is 0 Å². The van der Waals surface area contributed by atoms with Crippen LogP contribution in [0.1, 0.15) is 86.2 Å². The predicted molar refractivity (Wildman–Crippen MR) is 174 cm³/mol. The number of aromatic nitrogens is 1. The number of amides is 1. The lowest BCUT2D eigenvalue weighted by Gasteiger charge is -2.19. The third-order valence-corrected chi connectivity index (χ3v) is 9.51. The number of hydrogen-bond acceptors (Lipinski definition) is 6. The maximum Gasteiger partial charge on any atom is 0.307 e. The number of halogens is 2. The fraction of sp³-hybridized carbons (Fsp3) is 0.382. The summed E-state index contributed by atoms with van der Waals surface area (Å²) >= 11 is 13.8. The van der Waals surface area contributed by atoms with Gasteiger partial charge >= 0.3 is 5.97 Å². The van der Waals surface area contributed by atoms with Crippen LogP contribution in [-0.2, 0) is 21.4 Å². The van der Waals surface area contributed by atoms with E-state index in [0.29, 0.717) is 25.9 Å². The number of pyridine rings is 1. The molecular formula is C34H36Cl2N2O4S. The first kappa shape index (κ1) is 31.3. The zero-order valence-electron chi connectivity index (χ0n) is 24.8. The Morgan fingerprint density at radius 3 is 2.35 bits per heavy atom. The molecule has 9 heteroatoms. The Morgan fingerprint density at radius 1 is 1.02 bits per heavy atom. The Morgan fingerprint density at radius 2 is 1.72 bits per heavy atom. The minimum Gasteiger partial charge on any atom is -0.469 e. The molecule has 6 nitrogen and oxygen atoms in total. The molecule has 1 aliphatic carbocycles. The number of benzene rings is 2. The smallest absolute Gasteiger partial charge is 0.307 e. The molecule has 43 heavy (non-hydrogen) atoms. The van der Waals surface area contributed by atoms with Crippen LogP contribution in [0.25, 0.3) is 10.8 Å². The first-order chi connectivity index (χ1) is 20.5. The van der Waals surface area contributed by atoms with E-state index in [4.69, 9.17) is 37.7 Å². The van der Waals surface area contributed by atoms with E-state index in [1.807, 2.05) is 30.3 Å². The maximum absolute atomic E-state index is 13.6. The molecule has 0 bridgehead atoms. The molecule has 4 aromatic rings. The lowest BCUT2D eigenvalue weighted by Crippen LogP contribution is -2.31. The van der Waals surface area contributed by atoms with Crippen molar-refractivity contribution in [2.75, 3.05) is 7.11 Å². The van der Waals surface area contributed by atoms with Crippen LogP contribution in [0.2, 0.25) is 8.67 Å². The molecule has 2 aromatic carbocycles. The number of ether oxygens (including phenoxy) is 2. The van der Waals surface area contributed by atoms with Crippen LogP contribution >= 0.6 is 34.5 Å². The van der Waals surface area contributed by atoms with Crippen molar-refractivity contribution < 1.29 is 19.1 Å². The lowest BCUT2D eigenvalue weighted by atomic mass is 9.87. The molecule has 1 N–H and O–H groups in total. The van der Waals surface area contributed by atoms with Crippen molar-refractivity contribution in [3.05, 3.63) is 85.8 Å². The van der Waals surface area contributed by atoms with Gasteiger partial charge in [-0.25, -0.2) is 4.98 Å². The molecule has 0 spiro atoms. The number of rotatable bonds is 9. The Balaban J connectivity index is 1.46. The number of hydrogen-bond donors (Lipinski definition) is 1. The van der Waals surface area contributed by atoms with Crippen LogP contribution in [0.4, 0.5) is 0 Å². The lowest BCUT2D eigenvalue weighted by molar-refractivity contribution is -0.141. The van der Waals surface area contributed by atoms with Crippen LogP contribution in [0.3, 0.4) is 0 Å². The van der Waals surface area contributed by atoms with E-state index in [0.717, 1.165) is 41.5 Å². The average Bonchev–Trinajstić information content (AvgIpc) is 3.60. The van der Waals surface area contributed by atoms with Gasteiger partial charge in [-0.1, -0.05) is 87.9 Å². The quantitative estimate of drug-likeness (QED) is 0.185. The molecule has 1 fully saturated rings. The molecule has 0 aliphatic heterocycles. The fourth-order valence-corrected chi connectivity index (χ4v) is 7.17. The summed E-state index contributed by atoms with van der Waals surface area (Å²) in [6, 6.07) is 16.8. The molecule has 2 aromatic heterocycles. The summed E-state index contributed by atoms with van der Waals surface area (Å²) in [6.07, 6.45) is 5.40. The van der Waals surface area contributed by atoms with E-state index in [1.54, 1.807) is 12.1 Å². The van der Waals surface area contributed by atoms with Gasteiger partial charge < -0.3 is 14.8 Å². The Kier molecular flexibility index (Phi) is 9.64. The van der Waals surface area contributed by atoms with Gasteiger partial charge in [0, 0.05) is 16.6 Å². The van der Waals surface area contributed by atoms with Gasteiger partial charge in [0.1, 0.15) is 17.2 Å². The van der Waals surface area contributed by atoms with Crippen molar-refractivity contribution in [1.82, 2.24) is 10.3 Å². The van der Waals surface area contributed by atoms with Gasteiger partial charge in [0.05, 0.1) is 28.2 Å². The van der Waals surface area contributed by atoms with E-state index in [2.05, 4.69) is 38.2 Å². The zero-order chi connectivity index (χ0) is 30.7.